The maximum Gasteiger partial charge on any atom is 0.318 e. The zero-order chi connectivity index (χ0) is 30.6. The second-order valence-electron chi connectivity index (χ2n) is 11.4. The van der Waals surface area contributed by atoms with Gasteiger partial charge in [-0.25, -0.2) is 4.79 Å². The molecule has 0 aliphatic carbocycles. The van der Waals surface area contributed by atoms with Crippen LogP contribution in [0.3, 0.4) is 0 Å². The minimum atomic E-state index is -0.847. The summed E-state index contributed by atoms with van der Waals surface area (Å²) in [5.74, 6) is -0.297. The summed E-state index contributed by atoms with van der Waals surface area (Å²) in [6.07, 6.45) is 1.30. The number of rotatable bonds is 13. The van der Waals surface area contributed by atoms with E-state index in [1.54, 1.807) is 4.90 Å². The van der Waals surface area contributed by atoms with Crippen LogP contribution in [0.2, 0.25) is 0 Å². The molecule has 3 aromatic rings. The van der Waals surface area contributed by atoms with Crippen LogP contribution in [0.4, 0.5) is 10.5 Å². The number of amides is 3. The van der Waals surface area contributed by atoms with Crippen LogP contribution >= 0.6 is 12.2 Å². The number of para-hydroxylation sites is 1. The average molecular weight is 602 g/mol. The maximum atomic E-state index is 13.8. The molecule has 1 heterocycles. The normalized spacial score (nSPS) is 16.0. The molecule has 1 saturated heterocycles. The van der Waals surface area contributed by atoms with Gasteiger partial charge in [0, 0.05) is 24.8 Å². The highest BCUT2D eigenvalue weighted by atomic mass is 32.1. The van der Waals surface area contributed by atoms with Gasteiger partial charge >= 0.3 is 6.03 Å². The van der Waals surface area contributed by atoms with Crippen molar-refractivity contribution in [1.29, 1.82) is 0 Å². The van der Waals surface area contributed by atoms with Gasteiger partial charge in [-0.05, 0) is 67.1 Å². The van der Waals surface area contributed by atoms with E-state index >= 15 is 0 Å². The van der Waals surface area contributed by atoms with E-state index in [9.17, 15) is 14.7 Å². The third-order valence-electron chi connectivity index (χ3n) is 7.66. The Balaban J connectivity index is 1.53. The maximum absolute atomic E-state index is 13.8. The number of carbonyl (C=O) groups is 2. The van der Waals surface area contributed by atoms with Gasteiger partial charge in [0.1, 0.15) is 6.04 Å². The molecule has 1 aliphatic rings. The van der Waals surface area contributed by atoms with E-state index in [0.717, 1.165) is 23.2 Å². The van der Waals surface area contributed by atoms with Gasteiger partial charge in [-0.1, -0.05) is 92.7 Å². The number of hydrogen-bond donors (Lipinski definition) is 5. The van der Waals surface area contributed by atoms with Crippen molar-refractivity contribution < 1.29 is 14.7 Å². The fourth-order valence-electron chi connectivity index (χ4n) is 5.56. The number of anilines is 1. The quantitative estimate of drug-likeness (QED) is 0.185. The summed E-state index contributed by atoms with van der Waals surface area (Å²) in [7, 11) is 0. The zero-order valence-electron chi connectivity index (χ0n) is 24.9. The first-order chi connectivity index (χ1) is 20.8. The topological polar surface area (TPSA) is 106 Å². The van der Waals surface area contributed by atoms with Crippen molar-refractivity contribution >= 4 is 35.0 Å². The molecule has 3 amide bonds. The minimum absolute atomic E-state index is 0.0833. The Morgan fingerprint density at radius 3 is 2.07 bits per heavy atom. The number of urea groups is 1. The molecule has 5 N–H and O–H groups in total. The van der Waals surface area contributed by atoms with Crippen LogP contribution in [0.5, 0.6) is 0 Å². The smallest absolute Gasteiger partial charge is 0.318 e. The lowest BCUT2D eigenvalue weighted by atomic mass is 9.93. The lowest BCUT2D eigenvalue weighted by Gasteiger charge is -2.37. The second kappa shape index (κ2) is 16.0. The number of aliphatic hydroxyl groups excluding tert-OH is 1. The summed E-state index contributed by atoms with van der Waals surface area (Å²) in [4.78, 5) is 28.1. The van der Waals surface area contributed by atoms with Crippen molar-refractivity contribution in [3.05, 3.63) is 102 Å². The van der Waals surface area contributed by atoms with Crippen LogP contribution in [0.25, 0.3) is 0 Å². The van der Waals surface area contributed by atoms with Gasteiger partial charge in [-0.2, -0.15) is 0 Å². The molecule has 3 aromatic carbocycles. The Morgan fingerprint density at radius 2 is 1.49 bits per heavy atom. The van der Waals surface area contributed by atoms with Crippen LogP contribution in [-0.2, 0) is 17.6 Å². The van der Waals surface area contributed by atoms with Crippen molar-refractivity contribution in [2.75, 3.05) is 18.4 Å². The van der Waals surface area contributed by atoms with Gasteiger partial charge in [0.25, 0.3) is 0 Å². The largest absolute Gasteiger partial charge is 0.391 e. The van der Waals surface area contributed by atoms with Crippen molar-refractivity contribution in [1.82, 2.24) is 20.9 Å². The van der Waals surface area contributed by atoms with Crippen molar-refractivity contribution in [3.8, 4) is 0 Å². The van der Waals surface area contributed by atoms with E-state index in [4.69, 9.17) is 12.2 Å². The van der Waals surface area contributed by atoms with Gasteiger partial charge in [0.05, 0.1) is 12.1 Å². The van der Waals surface area contributed by atoms with Crippen molar-refractivity contribution in [2.24, 2.45) is 5.92 Å². The fourth-order valence-corrected chi connectivity index (χ4v) is 5.83. The number of nitrogens with zero attached hydrogens (tertiary/aromatic N) is 1. The molecule has 1 aliphatic heterocycles. The van der Waals surface area contributed by atoms with Gasteiger partial charge in [0.2, 0.25) is 5.91 Å². The minimum Gasteiger partial charge on any atom is -0.391 e. The van der Waals surface area contributed by atoms with E-state index in [-0.39, 0.29) is 30.3 Å². The van der Waals surface area contributed by atoms with Crippen LogP contribution in [0, 0.1) is 5.92 Å². The molecule has 0 bridgehead atoms. The Bertz CT molecular complexity index is 1310. The lowest BCUT2D eigenvalue weighted by Crippen LogP contribution is -2.59. The highest BCUT2D eigenvalue weighted by Crippen LogP contribution is 2.18. The zero-order valence-corrected chi connectivity index (χ0v) is 25.7. The highest BCUT2D eigenvalue weighted by Gasteiger charge is 2.35. The molecule has 0 aromatic heterocycles. The SMILES string of the molecule is CC(C)[C@@H](C(=O)N[C@@H](Cc1ccccc1)C[C@H](O)C(Cc1ccccc1)NC(=S)Nc1ccccc1)N1CCCNC1=O. The summed E-state index contributed by atoms with van der Waals surface area (Å²) >= 11 is 5.64. The fraction of sp³-hybridized carbons (Fsp3) is 0.382. The Labute approximate surface area is 260 Å². The van der Waals surface area contributed by atoms with Crippen molar-refractivity contribution in [3.63, 3.8) is 0 Å². The van der Waals surface area contributed by atoms with E-state index < -0.39 is 18.2 Å². The number of thiocarbonyl (C=S) groups is 1. The predicted molar refractivity (Wildman–Crippen MR) is 176 cm³/mol. The van der Waals surface area contributed by atoms with Gasteiger partial charge in [-0.3, -0.25) is 4.79 Å². The molecule has 0 radical (unpaired) electrons. The summed E-state index contributed by atoms with van der Waals surface area (Å²) in [5.41, 5.74) is 2.95. The molecular formula is C34H43N5O3S. The van der Waals surface area contributed by atoms with E-state index in [0.29, 0.717) is 31.0 Å². The number of nitrogens with one attached hydrogen (secondary N) is 4. The van der Waals surface area contributed by atoms with Crippen LogP contribution in [0.15, 0.2) is 91.0 Å². The molecule has 1 unspecified atom stereocenters. The molecule has 43 heavy (non-hydrogen) atoms. The Kier molecular flexibility index (Phi) is 11.9. The number of benzene rings is 3. The van der Waals surface area contributed by atoms with Gasteiger partial charge < -0.3 is 31.3 Å². The predicted octanol–water partition coefficient (Wildman–Crippen LogP) is 4.50. The first-order valence-electron chi connectivity index (χ1n) is 15.0. The first-order valence-corrected chi connectivity index (χ1v) is 15.4. The van der Waals surface area contributed by atoms with Crippen molar-refractivity contribution in [2.45, 2.75) is 63.8 Å². The molecule has 1 fully saturated rings. The molecule has 9 heteroatoms. The molecular weight excluding hydrogens is 558 g/mol. The summed E-state index contributed by atoms with van der Waals surface area (Å²) in [5, 5.41) is 24.7. The second-order valence-corrected chi connectivity index (χ2v) is 11.8. The third kappa shape index (κ3) is 9.80. The molecule has 4 rings (SSSR count). The summed E-state index contributed by atoms with van der Waals surface area (Å²) in [6, 6.07) is 27.9. The van der Waals surface area contributed by atoms with Crippen LogP contribution in [-0.4, -0.2) is 64.4 Å². The van der Waals surface area contributed by atoms with Crippen LogP contribution < -0.4 is 21.3 Å². The first kappa shape index (κ1) is 32.0. The average Bonchev–Trinajstić information content (AvgIpc) is 2.99. The number of hydrogen-bond acceptors (Lipinski definition) is 4. The van der Waals surface area contributed by atoms with E-state index in [1.807, 2.05) is 105 Å². The Hall–Kier alpha value is -3.95. The molecule has 8 nitrogen and oxygen atoms in total. The van der Waals surface area contributed by atoms with E-state index in [1.165, 1.54) is 0 Å². The number of aliphatic hydroxyl groups is 1. The monoisotopic (exact) mass is 601 g/mol. The lowest BCUT2D eigenvalue weighted by molar-refractivity contribution is -0.128. The van der Waals surface area contributed by atoms with E-state index in [2.05, 4.69) is 21.3 Å². The number of carbonyl (C=O) groups excluding carboxylic acids is 2. The standard InChI is InChI=1S/C34H43N5O3S/c1-24(2)31(39-20-12-19-35-34(39)42)32(41)36-28(21-25-13-6-3-7-14-25)23-30(40)29(22-26-15-8-4-9-16-26)38-33(43)37-27-17-10-5-11-18-27/h3-11,13-18,24,28-31,40H,12,19-23H2,1-2H3,(H,35,42)(H,36,41)(H2,37,38,43)/t28-,29?,30-,31-/m0/s1. The molecule has 228 valence electrons. The third-order valence-corrected chi connectivity index (χ3v) is 7.88. The Morgan fingerprint density at radius 1 is 0.907 bits per heavy atom. The summed E-state index contributed by atoms with van der Waals surface area (Å²) in [6.45, 7) is 5.05. The highest BCUT2D eigenvalue weighted by molar-refractivity contribution is 7.80. The van der Waals surface area contributed by atoms with Gasteiger partial charge in [-0.15, -0.1) is 0 Å². The summed E-state index contributed by atoms with van der Waals surface area (Å²) < 4.78 is 0. The van der Waals surface area contributed by atoms with Gasteiger partial charge in [0.15, 0.2) is 5.11 Å². The van der Waals surface area contributed by atoms with Crippen LogP contribution in [0.1, 0.15) is 37.8 Å². The molecule has 0 spiro atoms. The molecule has 0 saturated carbocycles. The molecule has 4 atom stereocenters.